The van der Waals surface area contributed by atoms with Crippen molar-refractivity contribution in [2.75, 3.05) is 62.2 Å². The van der Waals surface area contributed by atoms with Crippen LogP contribution in [0.2, 0.25) is 0 Å². The molecular formula is C35H38N4O5. The largest absolute Gasteiger partial charge is 0.486 e. The smallest absolute Gasteiger partial charge is 0.263 e. The van der Waals surface area contributed by atoms with Crippen LogP contribution in [-0.4, -0.2) is 86.0 Å². The molecule has 0 spiro atoms. The van der Waals surface area contributed by atoms with E-state index in [0.29, 0.717) is 42.3 Å². The third kappa shape index (κ3) is 5.04. The molecule has 3 aromatic carbocycles. The highest BCUT2D eigenvalue weighted by atomic mass is 16.6. The minimum Gasteiger partial charge on any atom is -0.486 e. The Labute approximate surface area is 257 Å². The number of rotatable bonds is 5. The first-order valence-electron chi connectivity index (χ1n) is 15.6. The summed E-state index contributed by atoms with van der Waals surface area (Å²) in [7, 11) is 0. The Hall–Kier alpha value is -4.53. The number of aryl methyl sites for hydroxylation is 1. The minimum absolute atomic E-state index is 0.106. The van der Waals surface area contributed by atoms with Gasteiger partial charge in [-0.25, -0.2) is 0 Å². The second-order valence-corrected chi connectivity index (χ2v) is 12.2. The van der Waals surface area contributed by atoms with E-state index in [-0.39, 0.29) is 36.8 Å². The summed E-state index contributed by atoms with van der Waals surface area (Å²) in [6, 6.07) is 19.2. The molecule has 0 aliphatic carbocycles. The van der Waals surface area contributed by atoms with Crippen molar-refractivity contribution in [2.45, 2.75) is 32.8 Å². The lowest BCUT2D eigenvalue weighted by Crippen LogP contribution is -2.53. The third-order valence-electron chi connectivity index (χ3n) is 9.55. The summed E-state index contributed by atoms with van der Waals surface area (Å²) >= 11 is 0. The van der Waals surface area contributed by atoms with E-state index in [1.54, 1.807) is 6.07 Å². The highest BCUT2D eigenvalue weighted by Gasteiger charge is 2.41. The van der Waals surface area contributed by atoms with Crippen LogP contribution in [0.4, 0.5) is 11.4 Å². The average Bonchev–Trinajstić information content (AvgIpc) is 3.30. The summed E-state index contributed by atoms with van der Waals surface area (Å²) in [5, 5.41) is 0. The number of imide groups is 1. The molecule has 0 unspecified atom stereocenters. The summed E-state index contributed by atoms with van der Waals surface area (Å²) in [5.74, 6) is 0.659. The number of para-hydroxylation sites is 2. The lowest BCUT2D eigenvalue weighted by atomic mass is 9.94. The fourth-order valence-electron chi connectivity index (χ4n) is 7.00. The van der Waals surface area contributed by atoms with E-state index in [0.717, 1.165) is 38.2 Å². The lowest BCUT2D eigenvalue weighted by molar-refractivity contribution is -0.136. The Bertz CT molecular complexity index is 1610. The molecule has 4 aliphatic heterocycles. The molecule has 9 heteroatoms. The van der Waals surface area contributed by atoms with Crippen molar-refractivity contribution in [1.82, 2.24) is 9.80 Å². The number of piperazine rings is 1. The Morgan fingerprint density at radius 2 is 1.57 bits per heavy atom. The SMILES string of the molecule is Cc1cccc(N2CCN(C(=O)[C@H]3CCCN(c4cccc5c4C(=O)N(C[C@@H]4COc6ccccc6O4)C5=O)C3)CC2)c1C. The fourth-order valence-corrected chi connectivity index (χ4v) is 7.00. The molecule has 0 radical (unpaired) electrons. The van der Waals surface area contributed by atoms with E-state index in [9.17, 15) is 14.4 Å². The van der Waals surface area contributed by atoms with Gasteiger partial charge in [-0.15, -0.1) is 0 Å². The predicted octanol–water partition coefficient (Wildman–Crippen LogP) is 4.30. The van der Waals surface area contributed by atoms with Gasteiger partial charge in [-0.2, -0.15) is 0 Å². The van der Waals surface area contributed by atoms with Gasteiger partial charge in [-0.05, 0) is 68.1 Å². The molecule has 0 bridgehead atoms. The van der Waals surface area contributed by atoms with E-state index in [2.05, 4.69) is 41.8 Å². The molecule has 4 aliphatic rings. The summed E-state index contributed by atoms with van der Waals surface area (Å²) < 4.78 is 11.9. The van der Waals surface area contributed by atoms with Crippen LogP contribution in [0.15, 0.2) is 60.7 Å². The Morgan fingerprint density at radius 1 is 0.818 bits per heavy atom. The molecule has 2 atom stereocenters. The van der Waals surface area contributed by atoms with Crippen molar-refractivity contribution in [3.8, 4) is 11.5 Å². The zero-order chi connectivity index (χ0) is 30.4. The number of amides is 3. The molecule has 228 valence electrons. The van der Waals surface area contributed by atoms with Gasteiger partial charge in [-0.3, -0.25) is 19.3 Å². The Balaban J connectivity index is 1.02. The maximum atomic E-state index is 13.7. The van der Waals surface area contributed by atoms with Gasteiger partial charge in [0.15, 0.2) is 17.6 Å². The van der Waals surface area contributed by atoms with E-state index in [1.165, 1.54) is 21.7 Å². The van der Waals surface area contributed by atoms with Crippen molar-refractivity contribution in [1.29, 1.82) is 0 Å². The minimum atomic E-state index is -0.456. The van der Waals surface area contributed by atoms with E-state index in [1.807, 2.05) is 41.3 Å². The van der Waals surface area contributed by atoms with Crippen LogP contribution >= 0.6 is 0 Å². The van der Waals surface area contributed by atoms with E-state index >= 15 is 0 Å². The summed E-state index contributed by atoms with van der Waals surface area (Å²) in [6.45, 7) is 8.94. The van der Waals surface area contributed by atoms with Gasteiger partial charge >= 0.3 is 0 Å². The normalized spacial score (nSPS) is 21.5. The predicted molar refractivity (Wildman–Crippen MR) is 168 cm³/mol. The van der Waals surface area contributed by atoms with Gasteiger partial charge in [0.05, 0.1) is 29.3 Å². The van der Waals surface area contributed by atoms with Crippen molar-refractivity contribution in [2.24, 2.45) is 5.92 Å². The van der Waals surface area contributed by atoms with Crippen LogP contribution < -0.4 is 19.3 Å². The fraction of sp³-hybridized carbons (Fsp3) is 0.400. The van der Waals surface area contributed by atoms with E-state index < -0.39 is 6.10 Å². The number of hydrogen-bond acceptors (Lipinski definition) is 7. The molecule has 3 amide bonds. The van der Waals surface area contributed by atoms with Gasteiger partial charge in [0.2, 0.25) is 5.91 Å². The summed E-state index contributed by atoms with van der Waals surface area (Å²) in [6.07, 6.45) is 1.21. The van der Waals surface area contributed by atoms with Crippen LogP contribution in [0.3, 0.4) is 0 Å². The van der Waals surface area contributed by atoms with Crippen molar-refractivity contribution >= 4 is 29.1 Å². The standard InChI is InChI=1S/C35H38N4O5/c1-23-8-5-11-28(24(23)2)36-16-18-37(19-17-36)33(40)25-9-7-15-38(20-25)29-12-6-10-27-32(29)35(42)39(34(27)41)21-26-22-43-30-13-3-4-14-31(30)44-26/h3-6,8,10-14,25-26H,7,9,15-22H2,1-2H3/t25-,26+/m0/s1. The monoisotopic (exact) mass is 594 g/mol. The zero-order valence-electron chi connectivity index (χ0n) is 25.3. The molecule has 3 aromatic rings. The average molecular weight is 595 g/mol. The number of carbonyl (C=O) groups excluding carboxylic acids is 3. The molecule has 0 aromatic heterocycles. The molecule has 4 heterocycles. The number of carbonyl (C=O) groups is 3. The number of ether oxygens (including phenoxy) is 2. The number of benzene rings is 3. The molecule has 9 nitrogen and oxygen atoms in total. The van der Waals surface area contributed by atoms with Crippen LogP contribution in [0.5, 0.6) is 11.5 Å². The first kappa shape index (κ1) is 28.3. The molecule has 44 heavy (non-hydrogen) atoms. The van der Waals surface area contributed by atoms with Gasteiger partial charge in [-0.1, -0.05) is 30.3 Å². The second kappa shape index (κ2) is 11.5. The number of anilines is 2. The van der Waals surface area contributed by atoms with Crippen LogP contribution in [-0.2, 0) is 4.79 Å². The Kier molecular flexibility index (Phi) is 7.40. The summed E-state index contributed by atoms with van der Waals surface area (Å²) in [4.78, 5) is 48.7. The molecule has 0 N–H and O–H groups in total. The number of fused-ring (bicyclic) bond motifs is 2. The molecule has 0 saturated carbocycles. The second-order valence-electron chi connectivity index (χ2n) is 12.2. The van der Waals surface area contributed by atoms with Crippen molar-refractivity contribution < 1.29 is 23.9 Å². The third-order valence-corrected chi connectivity index (χ3v) is 9.55. The van der Waals surface area contributed by atoms with Crippen molar-refractivity contribution in [3.05, 3.63) is 82.9 Å². The van der Waals surface area contributed by atoms with Crippen molar-refractivity contribution in [3.63, 3.8) is 0 Å². The Morgan fingerprint density at radius 3 is 2.39 bits per heavy atom. The first-order chi connectivity index (χ1) is 21.4. The topological polar surface area (TPSA) is 82.6 Å². The maximum absolute atomic E-state index is 13.7. The summed E-state index contributed by atoms with van der Waals surface area (Å²) in [5.41, 5.74) is 5.38. The van der Waals surface area contributed by atoms with E-state index in [4.69, 9.17) is 9.47 Å². The first-order valence-corrected chi connectivity index (χ1v) is 15.6. The number of hydrogen-bond donors (Lipinski definition) is 0. The molecule has 7 rings (SSSR count). The van der Waals surface area contributed by atoms with Gasteiger partial charge in [0.1, 0.15) is 6.61 Å². The highest BCUT2D eigenvalue weighted by Crippen LogP contribution is 2.36. The number of nitrogens with zero attached hydrogens (tertiary/aromatic N) is 4. The molecule has 2 saturated heterocycles. The van der Waals surface area contributed by atoms with Crippen LogP contribution in [0.1, 0.15) is 44.7 Å². The maximum Gasteiger partial charge on any atom is 0.263 e. The van der Waals surface area contributed by atoms with Gasteiger partial charge < -0.3 is 24.2 Å². The van der Waals surface area contributed by atoms with Gasteiger partial charge in [0.25, 0.3) is 11.8 Å². The zero-order valence-corrected chi connectivity index (χ0v) is 25.3. The quantitative estimate of drug-likeness (QED) is 0.408. The molecular weight excluding hydrogens is 556 g/mol. The van der Waals surface area contributed by atoms with Crippen LogP contribution in [0.25, 0.3) is 0 Å². The lowest BCUT2D eigenvalue weighted by Gasteiger charge is -2.40. The molecule has 2 fully saturated rings. The van der Waals surface area contributed by atoms with Gasteiger partial charge in [0, 0.05) is 45.0 Å². The van der Waals surface area contributed by atoms with Crippen LogP contribution in [0, 0.1) is 19.8 Å². The highest BCUT2D eigenvalue weighted by molar-refractivity contribution is 6.23. The number of piperidine rings is 1.